The minimum atomic E-state index is -0.654. The predicted octanol–water partition coefficient (Wildman–Crippen LogP) is 2.80. The number of ether oxygens (including phenoxy) is 1. The minimum Gasteiger partial charge on any atom is -0.376 e. The molecule has 0 spiro atoms. The Morgan fingerprint density at radius 2 is 1.90 bits per heavy atom. The first-order valence-electron chi connectivity index (χ1n) is 8.69. The molecule has 0 saturated carbocycles. The second-order valence-corrected chi connectivity index (χ2v) is 7.38. The van der Waals surface area contributed by atoms with Gasteiger partial charge in [-0.2, -0.15) is 0 Å². The summed E-state index contributed by atoms with van der Waals surface area (Å²) in [4.78, 5) is 4.78. The van der Waals surface area contributed by atoms with E-state index < -0.39 is 6.17 Å². The van der Waals surface area contributed by atoms with Crippen molar-refractivity contribution in [1.29, 1.82) is 0 Å². The molecule has 2 aliphatic rings. The molecule has 0 aliphatic carbocycles. The fourth-order valence-electron chi connectivity index (χ4n) is 3.65. The monoisotopic (exact) mass is 300 g/mol. The molecule has 0 bridgehead atoms. The van der Waals surface area contributed by atoms with Gasteiger partial charge in [0.05, 0.1) is 12.7 Å². The molecule has 2 heterocycles. The second kappa shape index (κ2) is 7.89. The van der Waals surface area contributed by atoms with Gasteiger partial charge in [-0.15, -0.1) is 0 Å². The Morgan fingerprint density at radius 1 is 1.14 bits per heavy atom. The molecule has 0 aromatic rings. The SMILES string of the molecule is CC(C)[C@@H]1CCN(CCC2CN(C(C)C)CCO2)C[C@@H]1F. The molecule has 2 fully saturated rings. The van der Waals surface area contributed by atoms with E-state index in [0.717, 1.165) is 45.6 Å². The summed E-state index contributed by atoms with van der Waals surface area (Å²) >= 11 is 0. The number of morpholine rings is 1. The van der Waals surface area contributed by atoms with Crippen LogP contribution in [0.2, 0.25) is 0 Å². The van der Waals surface area contributed by atoms with Gasteiger partial charge in [-0.1, -0.05) is 13.8 Å². The molecule has 1 unspecified atom stereocenters. The van der Waals surface area contributed by atoms with Gasteiger partial charge in [0, 0.05) is 32.2 Å². The number of hydrogen-bond acceptors (Lipinski definition) is 3. The number of halogens is 1. The van der Waals surface area contributed by atoms with Crippen molar-refractivity contribution < 1.29 is 9.13 Å². The van der Waals surface area contributed by atoms with E-state index in [1.165, 1.54) is 0 Å². The molecule has 0 aromatic heterocycles. The fourth-order valence-corrected chi connectivity index (χ4v) is 3.65. The highest BCUT2D eigenvalue weighted by Gasteiger charge is 2.31. The maximum atomic E-state index is 14.2. The molecule has 0 aromatic carbocycles. The van der Waals surface area contributed by atoms with Crippen LogP contribution in [0.25, 0.3) is 0 Å². The summed E-state index contributed by atoms with van der Waals surface area (Å²) in [6, 6.07) is 0.591. The van der Waals surface area contributed by atoms with Crippen LogP contribution in [0.15, 0.2) is 0 Å². The van der Waals surface area contributed by atoms with Crippen LogP contribution < -0.4 is 0 Å². The molecule has 3 nitrogen and oxygen atoms in total. The summed E-state index contributed by atoms with van der Waals surface area (Å²) in [5, 5.41) is 0. The summed E-state index contributed by atoms with van der Waals surface area (Å²) in [6.07, 6.45) is 1.70. The Bertz CT molecular complexity index is 311. The lowest BCUT2D eigenvalue weighted by molar-refractivity contribution is -0.0480. The number of piperidine rings is 1. The summed E-state index contributed by atoms with van der Waals surface area (Å²) in [5.74, 6) is 0.715. The van der Waals surface area contributed by atoms with Crippen LogP contribution in [0.5, 0.6) is 0 Å². The van der Waals surface area contributed by atoms with Crippen LogP contribution in [0, 0.1) is 11.8 Å². The van der Waals surface area contributed by atoms with E-state index in [4.69, 9.17) is 4.74 Å². The van der Waals surface area contributed by atoms with Gasteiger partial charge in [0.1, 0.15) is 6.17 Å². The minimum absolute atomic E-state index is 0.253. The summed E-state index contributed by atoms with van der Waals surface area (Å²) in [6.45, 7) is 14.3. The van der Waals surface area contributed by atoms with Crippen molar-refractivity contribution in [2.75, 3.05) is 39.3 Å². The molecule has 3 atom stereocenters. The molecule has 4 heteroatoms. The van der Waals surface area contributed by atoms with E-state index in [2.05, 4.69) is 37.5 Å². The zero-order chi connectivity index (χ0) is 15.4. The lowest BCUT2D eigenvalue weighted by atomic mass is 9.85. The Balaban J connectivity index is 1.71. The fraction of sp³-hybridized carbons (Fsp3) is 1.00. The van der Waals surface area contributed by atoms with E-state index in [9.17, 15) is 4.39 Å². The first-order chi connectivity index (χ1) is 9.97. The summed E-state index contributed by atoms with van der Waals surface area (Å²) in [7, 11) is 0. The number of rotatable bonds is 5. The molecule has 0 radical (unpaired) electrons. The van der Waals surface area contributed by atoms with Crippen LogP contribution in [0.1, 0.15) is 40.5 Å². The topological polar surface area (TPSA) is 15.7 Å². The first kappa shape index (κ1) is 17.2. The van der Waals surface area contributed by atoms with Crippen molar-refractivity contribution in [3.63, 3.8) is 0 Å². The quantitative estimate of drug-likeness (QED) is 0.776. The third-order valence-electron chi connectivity index (χ3n) is 5.20. The molecular formula is C17H33FN2O. The van der Waals surface area contributed by atoms with E-state index in [0.29, 0.717) is 24.6 Å². The summed E-state index contributed by atoms with van der Waals surface area (Å²) < 4.78 is 20.1. The third kappa shape index (κ3) is 4.90. The van der Waals surface area contributed by atoms with Crippen LogP contribution in [-0.4, -0.2) is 67.4 Å². The van der Waals surface area contributed by atoms with Crippen LogP contribution >= 0.6 is 0 Å². The molecule has 21 heavy (non-hydrogen) atoms. The molecule has 2 aliphatic heterocycles. The van der Waals surface area contributed by atoms with E-state index in [1.807, 2.05) is 0 Å². The standard InChI is InChI=1S/C17H33FN2O/c1-13(2)16-6-8-19(12-17(16)18)7-5-15-11-20(14(3)4)9-10-21-15/h13-17H,5-12H2,1-4H3/t15?,16-,17-/m0/s1. The van der Waals surface area contributed by atoms with Gasteiger partial charge in [-0.25, -0.2) is 4.39 Å². The van der Waals surface area contributed by atoms with Gasteiger partial charge in [-0.3, -0.25) is 4.90 Å². The lowest BCUT2D eigenvalue weighted by Crippen LogP contribution is -2.48. The Morgan fingerprint density at radius 3 is 2.52 bits per heavy atom. The van der Waals surface area contributed by atoms with Crippen molar-refractivity contribution in [3.05, 3.63) is 0 Å². The maximum absolute atomic E-state index is 14.2. The van der Waals surface area contributed by atoms with Crippen molar-refractivity contribution >= 4 is 0 Å². The maximum Gasteiger partial charge on any atom is 0.116 e. The number of likely N-dealkylation sites (tertiary alicyclic amines) is 1. The first-order valence-corrected chi connectivity index (χ1v) is 8.69. The van der Waals surface area contributed by atoms with Crippen LogP contribution in [-0.2, 0) is 4.74 Å². The highest BCUT2D eigenvalue weighted by atomic mass is 19.1. The molecule has 0 N–H and O–H groups in total. The van der Waals surface area contributed by atoms with Gasteiger partial charge in [0.15, 0.2) is 0 Å². The van der Waals surface area contributed by atoms with E-state index in [1.54, 1.807) is 0 Å². The summed E-state index contributed by atoms with van der Waals surface area (Å²) in [5.41, 5.74) is 0. The third-order valence-corrected chi connectivity index (χ3v) is 5.20. The second-order valence-electron chi connectivity index (χ2n) is 7.38. The lowest BCUT2D eigenvalue weighted by Gasteiger charge is -2.39. The highest BCUT2D eigenvalue weighted by Crippen LogP contribution is 2.27. The Hall–Kier alpha value is -0.190. The van der Waals surface area contributed by atoms with Gasteiger partial charge in [0.2, 0.25) is 0 Å². The van der Waals surface area contributed by atoms with Crippen molar-refractivity contribution in [1.82, 2.24) is 9.80 Å². The zero-order valence-corrected chi connectivity index (χ0v) is 14.2. The number of hydrogen-bond donors (Lipinski definition) is 0. The average molecular weight is 300 g/mol. The predicted molar refractivity (Wildman–Crippen MR) is 85.3 cm³/mol. The zero-order valence-electron chi connectivity index (χ0n) is 14.2. The molecule has 0 amide bonds. The Labute approximate surface area is 129 Å². The van der Waals surface area contributed by atoms with E-state index >= 15 is 0 Å². The molecule has 2 saturated heterocycles. The van der Waals surface area contributed by atoms with Crippen molar-refractivity contribution in [3.8, 4) is 0 Å². The van der Waals surface area contributed by atoms with Gasteiger partial charge in [0.25, 0.3) is 0 Å². The Kier molecular flexibility index (Phi) is 6.45. The molecule has 2 rings (SSSR count). The number of alkyl halides is 1. The smallest absolute Gasteiger partial charge is 0.116 e. The van der Waals surface area contributed by atoms with Crippen LogP contribution in [0.3, 0.4) is 0 Å². The van der Waals surface area contributed by atoms with Crippen molar-refractivity contribution in [2.24, 2.45) is 11.8 Å². The van der Waals surface area contributed by atoms with Crippen molar-refractivity contribution in [2.45, 2.75) is 58.9 Å². The average Bonchev–Trinajstić information content (AvgIpc) is 2.45. The van der Waals surface area contributed by atoms with E-state index in [-0.39, 0.29) is 5.92 Å². The highest BCUT2D eigenvalue weighted by molar-refractivity contribution is 4.83. The van der Waals surface area contributed by atoms with Crippen LogP contribution in [0.4, 0.5) is 4.39 Å². The molecule has 124 valence electrons. The largest absolute Gasteiger partial charge is 0.376 e. The van der Waals surface area contributed by atoms with Gasteiger partial charge >= 0.3 is 0 Å². The normalized spacial score (nSPS) is 33.0. The number of nitrogens with zero attached hydrogens (tertiary/aromatic N) is 2. The van der Waals surface area contributed by atoms with Gasteiger partial charge in [-0.05, 0) is 45.1 Å². The molecular weight excluding hydrogens is 267 g/mol. The van der Waals surface area contributed by atoms with Gasteiger partial charge < -0.3 is 9.64 Å².